The van der Waals surface area contributed by atoms with E-state index in [1.54, 1.807) is 12.1 Å². The number of benzene rings is 2. The van der Waals surface area contributed by atoms with Gasteiger partial charge in [-0.3, -0.25) is 0 Å². The van der Waals surface area contributed by atoms with Crippen molar-refractivity contribution in [2.24, 2.45) is 0 Å². The van der Waals surface area contributed by atoms with E-state index in [1.807, 2.05) is 39.1 Å². The molecule has 1 heterocycles. The van der Waals surface area contributed by atoms with Crippen LogP contribution in [0.4, 0.5) is 10.2 Å². The van der Waals surface area contributed by atoms with Crippen molar-refractivity contribution in [3.63, 3.8) is 0 Å². The zero-order valence-corrected chi connectivity index (χ0v) is 12.2. The smallest absolute Gasteiger partial charge is 0.165 e. The van der Waals surface area contributed by atoms with Crippen molar-refractivity contribution in [1.29, 1.82) is 0 Å². The van der Waals surface area contributed by atoms with Crippen LogP contribution in [0.2, 0.25) is 0 Å². The second kappa shape index (κ2) is 5.13. The number of fused-ring (bicyclic) bond motifs is 1. The van der Waals surface area contributed by atoms with Crippen LogP contribution in [0, 0.1) is 19.7 Å². The lowest BCUT2D eigenvalue weighted by molar-refractivity contribution is 0.629. The highest BCUT2D eigenvalue weighted by Gasteiger charge is 2.13. The number of aromatic nitrogens is 2. The first-order valence-corrected chi connectivity index (χ1v) is 6.82. The lowest BCUT2D eigenvalue weighted by atomic mass is 10.1. The number of anilines is 1. The quantitative estimate of drug-likeness (QED) is 0.768. The number of nitrogens with one attached hydrogen (secondary N) is 1. The summed E-state index contributed by atoms with van der Waals surface area (Å²) in [4.78, 5) is 9.02. The molecule has 0 bridgehead atoms. The topological polar surface area (TPSA) is 37.8 Å². The number of rotatable bonds is 2. The van der Waals surface area contributed by atoms with Crippen LogP contribution in [0.15, 0.2) is 36.4 Å². The van der Waals surface area contributed by atoms with E-state index in [1.165, 1.54) is 6.07 Å². The minimum Gasteiger partial charge on any atom is -0.373 e. The van der Waals surface area contributed by atoms with E-state index in [9.17, 15) is 4.39 Å². The van der Waals surface area contributed by atoms with Crippen molar-refractivity contribution >= 4 is 16.7 Å². The molecule has 21 heavy (non-hydrogen) atoms. The lowest BCUT2D eigenvalue weighted by Gasteiger charge is -2.11. The van der Waals surface area contributed by atoms with E-state index in [2.05, 4.69) is 15.3 Å². The van der Waals surface area contributed by atoms with Crippen LogP contribution in [-0.2, 0) is 0 Å². The third-order valence-electron chi connectivity index (χ3n) is 3.53. The Bertz CT molecular complexity index is 828. The van der Waals surface area contributed by atoms with Gasteiger partial charge in [0.05, 0.1) is 11.1 Å². The highest BCUT2D eigenvalue weighted by atomic mass is 19.1. The molecule has 106 valence electrons. The van der Waals surface area contributed by atoms with Gasteiger partial charge in [0, 0.05) is 12.4 Å². The van der Waals surface area contributed by atoms with Gasteiger partial charge in [0.2, 0.25) is 0 Å². The Morgan fingerprint density at radius 2 is 1.86 bits per heavy atom. The van der Waals surface area contributed by atoms with Crippen LogP contribution >= 0.6 is 0 Å². The molecule has 1 aromatic heterocycles. The molecule has 3 aromatic rings. The molecule has 0 radical (unpaired) electrons. The summed E-state index contributed by atoms with van der Waals surface area (Å²) in [5, 5.41) is 4.05. The van der Waals surface area contributed by atoms with Gasteiger partial charge in [0.1, 0.15) is 11.6 Å². The second-order valence-corrected chi connectivity index (χ2v) is 5.10. The van der Waals surface area contributed by atoms with Crippen LogP contribution < -0.4 is 5.32 Å². The van der Waals surface area contributed by atoms with Gasteiger partial charge in [-0.25, -0.2) is 14.4 Å². The second-order valence-electron chi connectivity index (χ2n) is 5.10. The molecule has 1 N–H and O–H groups in total. The van der Waals surface area contributed by atoms with Crippen molar-refractivity contribution < 1.29 is 4.39 Å². The van der Waals surface area contributed by atoms with Crippen molar-refractivity contribution in [2.45, 2.75) is 13.8 Å². The van der Waals surface area contributed by atoms with E-state index >= 15 is 0 Å². The van der Waals surface area contributed by atoms with Gasteiger partial charge in [-0.2, -0.15) is 0 Å². The predicted octanol–water partition coefficient (Wildman–Crippen LogP) is 4.09. The van der Waals surface area contributed by atoms with E-state index in [-0.39, 0.29) is 5.82 Å². The van der Waals surface area contributed by atoms with E-state index in [0.717, 1.165) is 22.0 Å². The molecule has 4 heteroatoms. The monoisotopic (exact) mass is 281 g/mol. The standard InChI is InChI=1S/C17H16FN3/c1-10-7-8-13(18)12(9-10)16-20-14-6-4-5-11(2)15(14)17(19-3)21-16/h4-9H,1-3H3,(H,19,20,21). The fourth-order valence-corrected chi connectivity index (χ4v) is 2.47. The molecule has 0 aliphatic carbocycles. The van der Waals surface area contributed by atoms with E-state index < -0.39 is 0 Å². The molecule has 0 aliphatic rings. The number of hydrogen-bond acceptors (Lipinski definition) is 3. The van der Waals surface area contributed by atoms with Crippen LogP contribution in [0.3, 0.4) is 0 Å². The maximum absolute atomic E-state index is 14.1. The zero-order chi connectivity index (χ0) is 15.0. The molecular formula is C17H16FN3. The highest BCUT2D eigenvalue weighted by molar-refractivity contribution is 5.93. The molecule has 0 saturated heterocycles. The summed E-state index contributed by atoms with van der Waals surface area (Å²) in [6.07, 6.45) is 0. The Labute approximate surface area is 122 Å². The summed E-state index contributed by atoms with van der Waals surface area (Å²) in [6.45, 7) is 3.94. The molecule has 3 rings (SSSR count). The molecule has 2 aromatic carbocycles. The molecule has 0 amide bonds. The van der Waals surface area contributed by atoms with Crippen molar-refractivity contribution in [1.82, 2.24) is 9.97 Å². The van der Waals surface area contributed by atoms with Crippen molar-refractivity contribution in [2.75, 3.05) is 12.4 Å². The van der Waals surface area contributed by atoms with Crippen molar-refractivity contribution in [3.05, 3.63) is 53.3 Å². The summed E-state index contributed by atoms with van der Waals surface area (Å²) < 4.78 is 14.1. The summed E-state index contributed by atoms with van der Waals surface area (Å²) in [5.74, 6) is 0.808. The van der Waals surface area contributed by atoms with Crippen LogP contribution in [-0.4, -0.2) is 17.0 Å². The molecular weight excluding hydrogens is 265 g/mol. The van der Waals surface area contributed by atoms with Crippen LogP contribution in [0.1, 0.15) is 11.1 Å². The zero-order valence-electron chi connectivity index (χ0n) is 12.2. The minimum absolute atomic E-state index is 0.311. The summed E-state index contributed by atoms with van der Waals surface area (Å²) >= 11 is 0. The average Bonchev–Trinajstić information content (AvgIpc) is 2.48. The van der Waals surface area contributed by atoms with Gasteiger partial charge in [0.15, 0.2) is 5.82 Å². The predicted molar refractivity (Wildman–Crippen MR) is 84.0 cm³/mol. The summed E-state index contributed by atoms with van der Waals surface area (Å²) in [5.41, 5.74) is 3.30. The maximum Gasteiger partial charge on any atom is 0.165 e. The first-order valence-electron chi connectivity index (χ1n) is 6.82. The molecule has 0 spiro atoms. The molecule has 0 aliphatic heterocycles. The van der Waals surface area contributed by atoms with Gasteiger partial charge in [-0.05, 0) is 37.6 Å². The maximum atomic E-state index is 14.1. The third kappa shape index (κ3) is 2.33. The molecule has 3 nitrogen and oxygen atoms in total. The Balaban J connectivity index is 2.32. The molecule has 0 unspecified atom stereocenters. The average molecular weight is 281 g/mol. The highest BCUT2D eigenvalue weighted by Crippen LogP contribution is 2.28. The molecule has 0 atom stereocenters. The number of nitrogens with zero attached hydrogens (tertiary/aromatic N) is 2. The van der Waals surface area contributed by atoms with Gasteiger partial charge in [-0.1, -0.05) is 23.8 Å². The Morgan fingerprint density at radius 1 is 1.05 bits per heavy atom. The van der Waals surface area contributed by atoms with E-state index in [0.29, 0.717) is 17.2 Å². The third-order valence-corrected chi connectivity index (χ3v) is 3.53. The van der Waals surface area contributed by atoms with Gasteiger partial charge in [0.25, 0.3) is 0 Å². The molecule has 0 saturated carbocycles. The fourth-order valence-electron chi connectivity index (χ4n) is 2.47. The Kier molecular flexibility index (Phi) is 3.29. The first kappa shape index (κ1) is 13.5. The lowest BCUT2D eigenvalue weighted by Crippen LogP contribution is -2.01. The van der Waals surface area contributed by atoms with Gasteiger partial charge >= 0.3 is 0 Å². The Hall–Kier alpha value is -2.49. The minimum atomic E-state index is -0.311. The first-order chi connectivity index (χ1) is 10.1. The van der Waals surface area contributed by atoms with Crippen molar-refractivity contribution in [3.8, 4) is 11.4 Å². The SMILES string of the molecule is CNc1nc(-c2cc(C)ccc2F)nc2cccc(C)c12. The number of aryl methyl sites for hydroxylation is 2. The van der Waals surface area contributed by atoms with Gasteiger partial charge < -0.3 is 5.32 Å². The van der Waals surface area contributed by atoms with Gasteiger partial charge in [-0.15, -0.1) is 0 Å². The normalized spacial score (nSPS) is 10.9. The number of halogens is 1. The van der Waals surface area contributed by atoms with E-state index in [4.69, 9.17) is 0 Å². The molecule has 0 fully saturated rings. The summed E-state index contributed by atoms with van der Waals surface area (Å²) in [6, 6.07) is 10.8. The van der Waals surface area contributed by atoms with Crippen LogP contribution in [0.5, 0.6) is 0 Å². The largest absolute Gasteiger partial charge is 0.373 e. The number of hydrogen-bond donors (Lipinski definition) is 1. The summed E-state index contributed by atoms with van der Waals surface area (Å²) in [7, 11) is 1.81. The fraction of sp³-hybridized carbons (Fsp3) is 0.176. The van der Waals surface area contributed by atoms with Crippen LogP contribution in [0.25, 0.3) is 22.3 Å². The Morgan fingerprint density at radius 3 is 2.62 bits per heavy atom.